The fraction of sp³-hybridized carbons (Fsp3) is 0.312. The van der Waals surface area contributed by atoms with E-state index in [9.17, 15) is 9.59 Å². The number of ether oxygens (including phenoxy) is 1. The fourth-order valence-electron chi connectivity index (χ4n) is 2.63. The van der Waals surface area contributed by atoms with Crippen molar-refractivity contribution >= 4 is 35.2 Å². The van der Waals surface area contributed by atoms with Crippen molar-refractivity contribution in [2.45, 2.75) is 12.5 Å². The molecule has 1 N–H and O–H groups in total. The maximum atomic E-state index is 12.3. The van der Waals surface area contributed by atoms with Crippen molar-refractivity contribution in [1.82, 2.24) is 14.3 Å². The standard InChI is InChI=1S/C16H16ClN3O4/c17-16-12(20-6-2-1-3-13(20)18-16)4-5-14(21)19-7-8-24-11(10-19)9-15(22)23/h1-6,11H,7-10H2,(H,22,23)/b5-4+. The third kappa shape index (κ3) is 3.58. The van der Waals surface area contributed by atoms with E-state index in [-0.39, 0.29) is 18.9 Å². The summed E-state index contributed by atoms with van der Waals surface area (Å²) in [4.78, 5) is 28.9. The minimum atomic E-state index is -0.942. The molecule has 1 amide bonds. The zero-order chi connectivity index (χ0) is 17.1. The van der Waals surface area contributed by atoms with Gasteiger partial charge < -0.3 is 14.7 Å². The van der Waals surface area contributed by atoms with Gasteiger partial charge in [0, 0.05) is 25.4 Å². The molecule has 0 radical (unpaired) electrons. The second kappa shape index (κ2) is 7.02. The first kappa shape index (κ1) is 16.5. The Bertz CT molecular complexity index is 802. The van der Waals surface area contributed by atoms with Crippen LogP contribution in [0.4, 0.5) is 0 Å². The predicted octanol–water partition coefficient (Wildman–Crippen LogP) is 1.70. The van der Waals surface area contributed by atoms with E-state index >= 15 is 0 Å². The summed E-state index contributed by atoms with van der Waals surface area (Å²) in [6.07, 6.45) is 4.26. The normalized spacial score (nSPS) is 18.4. The number of amides is 1. The fourth-order valence-corrected chi connectivity index (χ4v) is 2.87. The van der Waals surface area contributed by atoms with E-state index in [1.165, 1.54) is 6.08 Å². The average molecular weight is 350 g/mol. The van der Waals surface area contributed by atoms with Gasteiger partial charge in [0.2, 0.25) is 5.91 Å². The van der Waals surface area contributed by atoms with Crippen molar-refractivity contribution < 1.29 is 19.4 Å². The molecule has 3 rings (SSSR count). The molecule has 2 aromatic rings. The molecule has 1 saturated heterocycles. The van der Waals surface area contributed by atoms with E-state index in [2.05, 4.69) is 4.98 Å². The van der Waals surface area contributed by atoms with Gasteiger partial charge in [0.05, 0.1) is 24.8 Å². The summed E-state index contributed by atoms with van der Waals surface area (Å²) in [5.74, 6) is -1.15. The molecule has 1 fully saturated rings. The molecule has 2 aromatic heterocycles. The number of aliphatic carboxylic acids is 1. The number of pyridine rings is 1. The third-order valence-corrected chi connectivity index (χ3v) is 4.04. The lowest BCUT2D eigenvalue weighted by atomic mass is 10.2. The van der Waals surface area contributed by atoms with Crippen LogP contribution in [0.3, 0.4) is 0 Å². The van der Waals surface area contributed by atoms with Crippen molar-refractivity contribution in [3.63, 3.8) is 0 Å². The van der Waals surface area contributed by atoms with E-state index in [1.807, 2.05) is 24.4 Å². The van der Waals surface area contributed by atoms with Gasteiger partial charge in [-0.15, -0.1) is 0 Å². The second-order valence-corrected chi connectivity index (χ2v) is 5.78. The molecule has 0 aliphatic carbocycles. The number of hydrogen-bond donors (Lipinski definition) is 1. The summed E-state index contributed by atoms with van der Waals surface area (Å²) in [5.41, 5.74) is 1.32. The lowest BCUT2D eigenvalue weighted by Crippen LogP contribution is -2.45. The number of fused-ring (bicyclic) bond motifs is 1. The molecule has 1 aliphatic rings. The first-order chi connectivity index (χ1) is 11.5. The molecule has 0 bridgehead atoms. The van der Waals surface area contributed by atoms with Gasteiger partial charge in [-0.05, 0) is 18.2 Å². The topological polar surface area (TPSA) is 84.1 Å². The molecule has 3 heterocycles. The Hall–Kier alpha value is -2.38. The van der Waals surface area contributed by atoms with Crippen LogP contribution in [-0.2, 0) is 14.3 Å². The Labute approximate surface area is 143 Å². The second-order valence-electron chi connectivity index (χ2n) is 5.42. The summed E-state index contributed by atoms with van der Waals surface area (Å²) < 4.78 is 7.15. The van der Waals surface area contributed by atoms with Crippen LogP contribution < -0.4 is 0 Å². The summed E-state index contributed by atoms with van der Waals surface area (Å²) in [6.45, 7) is 1.02. The minimum absolute atomic E-state index is 0.118. The quantitative estimate of drug-likeness (QED) is 0.849. The number of nitrogens with zero attached hydrogens (tertiary/aromatic N) is 3. The maximum absolute atomic E-state index is 12.3. The molecule has 0 saturated carbocycles. The number of morpholine rings is 1. The summed E-state index contributed by atoms with van der Waals surface area (Å²) in [5, 5.41) is 9.14. The van der Waals surface area contributed by atoms with Crippen molar-refractivity contribution in [3.8, 4) is 0 Å². The van der Waals surface area contributed by atoms with Crippen LogP contribution in [0.2, 0.25) is 5.15 Å². The summed E-state index contributed by atoms with van der Waals surface area (Å²) in [6, 6.07) is 5.53. The van der Waals surface area contributed by atoms with Crippen LogP contribution in [0, 0.1) is 0 Å². The first-order valence-corrected chi connectivity index (χ1v) is 7.85. The summed E-state index contributed by atoms with van der Waals surface area (Å²) >= 11 is 6.12. The number of carbonyl (C=O) groups excluding carboxylic acids is 1. The van der Waals surface area contributed by atoms with E-state index in [4.69, 9.17) is 21.4 Å². The highest BCUT2D eigenvalue weighted by Crippen LogP contribution is 2.19. The monoisotopic (exact) mass is 349 g/mol. The molecular formula is C16H16ClN3O4. The summed E-state index contributed by atoms with van der Waals surface area (Å²) in [7, 11) is 0. The van der Waals surface area contributed by atoms with Gasteiger partial charge in [0.25, 0.3) is 0 Å². The average Bonchev–Trinajstić information content (AvgIpc) is 2.87. The van der Waals surface area contributed by atoms with Crippen LogP contribution in [-0.4, -0.2) is 57.1 Å². The van der Waals surface area contributed by atoms with Gasteiger partial charge in [0.1, 0.15) is 5.65 Å². The van der Waals surface area contributed by atoms with Gasteiger partial charge in [-0.3, -0.25) is 14.0 Å². The van der Waals surface area contributed by atoms with Crippen LogP contribution in [0.15, 0.2) is 30.5 Å². The Balaban J connectivity index is 1.72. The largest absolute Gasteiger partial charge is 0.481 e. The van der Waals surface area contributed by atoms with Gasteiger partial charge in [-0.1, -0.05) is 17.7 Å². The predicted molar refractivity (Wildman–Crippen MR) is 87.8 cm³/mol. The number of carboxylic acid groups (broad SMARTS) is 1. The molecule has 1 unspecified atom stereocenters. The molecule has 7 nitrogen and oxygen atoms in total. The van der Waals surface area contributed by atoms with Gasteiger partial charge >= 0.3 is 5.97 Å². The Morgan fingerprint density at radius 1 is 1.46 bits per heavy atom. The number of imidazole rings is 1. The Morgan fingerprint density at radius 3 is 3.08 bits per heavy atom. The number of rotatable bonds is 4. The number of carboxylic acids is 1. The number of carbonyl (C=O) groups is 2. The molecule has 0 aromatic carbocycles. The molecule has 24 heavy (non-hydrogen) atoms. The molecule has 1 atom stereocenters. The first-order valence-electron chi connectivity index (χ1n) is 7.47. The number of aromatic nitrogens is 2. The van der Waals surface area contributed by atoms with Crippen LogP contribution in [0.1, 0.15) is 12.1 Å². The van der Waals surface area contributed by atoms with Gasteiger partial charge in [-0.25, -0.2) is 4.98 Å². The SMILES string of the molecule is O=C(O)CC1CN(C(=O)/C=C/c2c(Cl)nc3ccccn23)CCO1. The van der Waals surface area contributed by atoms with E-state index in [1.54, 1.807) is 15.4 Å². The molecule has 8 heteroatoms. The Kier molecular flexibility index (Phi) is 4.82. The van der Waals surface area contributed by atoms with Crippen LogP contribution in [0.25, 0.3) is 11.7 Å². The molecule has 1 aliphatic heterocycles. The van der Waals surface area contributed by atoms with E-state index < -0.39 is 12.1 Å². The third-order valence-electron chi connectivity index (χ3n) is 3.76. The smallest absolute Gasteiger partial charge is 0.306 e. The van der Waals surface area contributed by atoms with E-state index in [0.717, 1.165) is 0 Å². The van der Waals surface area contributed by atoms with Gasteiger partial charge in [-0.2, -0.15) is 0 Å². The van der Waals surface area contributed by atoms with Crippen LogP contribution in [0.5, 0.6) is 0 Å². The maximum Gasteiger partial charge on any atom is 0.306 e. The highest BCUT2D eigenvalue weighted by molar-refractivity contribution is 6.31. The van der Waals surface area contributed by atoms with Crippen molar-refractivity contribution in [1.29, 1.82) is 0 Å². The molecule has 126 valence electrons. The Morgan fingerprint density at radius 2 is 2.29 bits per heavy atom. The lowest BCUT2D eigenvalue weighted by molar-refractivity contribution is -0.145. The van der Waals surface area contributed by atoms with Crippen molar-refractivity contribution in [3.05, 3.63) is 41.3 Å². The van der Waals surface area contributed by atoms with Crippen LogP contribution >= 0.6 is 11.6 Å². The van der Waals surface area contributed by atoms with Crippen molar-refractivity contribution in [2.75, 3.05) is 19.7 Å². The zero-order valence-electron chi connectivity index (χ0n) is 12.8. The number of hydrogen-bond acceptors (Lipinski definition) is 4. The zero-order valence-corrected chi connectivity index (χ0v) is 13.5. The highest BCUT2D eigenvalue weighted by atomic mass is 35.5. The highest BCUT2D eigenvalue weighted by Gasteiger charge is 2.24. The van der Waals surface area contributed by atoms with Gasteiger partial charge in [0.15, 0.2) is 5.15 Å². The molecular weight excluding hydrogens is 334 g/mol. The van der Waals surface area contributed by atoms with E-state index in [0.29, 0.717) is 29.6 Å². The molecule has 0 spiro atoms. The lowest BCUT2D eigenvalue weighted by Gasteiger charge is -2.31. The minimum Gasteiger partial charge on any atom is -0.481 e. The van der Waals surface area contributed by atoms with Crippen molar-refractivity contribution in [2.24, 2.45) is 0 Å². The number of halogens is 1.